The maximum Gasteiger partial charge on any atom is 0.310 e. The van der Waals surface area contributed by atoms with Gasteiger partial charge in [0.15, 0.2) is 3.92 Å². The van der Waals surface area contributed by atoms with Crippen molar-refractivity contribution in [3.63, 3.8) is 0 Å². The predicted octanol–water partition coefficient (Wildman–Crippen LogP) is 6.57. The van der Waals surface area contributed by atoms with Crippen molar-refractivity contribution in [3.8, 4) is 11.1 Å². The maximum atomic E-state index is 12.1. The van der Waals surface area contributed by atoms with E-state index in [4.69, 9.17) is 21.4 Å². The van der Waals surface area contributed by atoms with Crippen LogP contribution >= 0.6 is 38.9 Å². The molecule has 7 heteroatoms. The molecule has 3 aromatic rings. The number of benzene rings is 2. The summed E-state index contributed by atoms with van der Waals surface area (Å²) in [4.78, 5) is 16.6. The number of aliphatic hydroxyl groups is 1. The average Bonchev–Trinajstić information content (AvgIpc) is 2.95. The maximum absolute atomic E-state index is 12.1. The number of hydrogen-bond donors (Lipinski definition) is 1. The van der Waals surface area contributed by atoms with Crippen LogP contribution in [-0.2, 0) is 16.0 Å². The smallest absolute Gasteiger partial charge is 0.310 e. The lowest BCUT2D eigenvalue weighted by Crippen LogP contribution is -2.10. The van der Waals surface area contributed by atoms with Crippen LogP contribution in [0.4, 0.5) is 0 Å². The summed E-state index contributed by atoms with van der Waals surface area (Å²) in [5.41, 5.74) is 4.46. The van der Waals surface area contributed by atoms with Gasteiger partial charge in [-0.2, -0.15) is 0 Å². The first-order valence-electron chi connectivity index (χ1n) is 9.22. The van der Waals surface area contributed by atoms with E-state index in [0.717, 1.165) is 36.4 Å². The van der Waals surface area contributed by atoms with Gasteiger partial charge in [0.05, 0.1) is 28.8 Å². The van der Waals surface area contributed by atoms with Crippen LogP contribution in [0, 0.1) is 6.92 Å². The molecular formula is C22H25BrClNO3S. The van der Waals surface area contributed by atoms with Crippen molar-refractivity contribution < 1.29 is 14.6 Å². The van der Waals surface area contributed by atoms with Crippen LogP contribution in [0.5, 0.6) is 0 Å². The predicted molar refractivity (Wildman–Crippen MR) is 125 cm³/mol. The first-order chi connectivity index (χ1) is 13.5. The van der Waals surface area contributed by atoms with Gasteiger partial charge in [-0.05, 0) is 85.4 Å². The molecule has 0 aliphatic rings. The Kier molecular flexibility index (Phi) is 8.23. The number of hydrogen-bond acceptors (Lipinski definition) is 5. The van der Waals surface area contributed by atoms with E-state index in [1.165, 1.54) is 0 Å². The monoisotopic (exact) mass is 497 g/mol. The molecule has 0 unspecified atom stereocenters. The van der Waals surface area contributed by atoms with Crippen molar-refractivity contribution in [2.24, 2.45) is 0 Å². The minimum Gasteiger partial charge on any atom is -0.466 e. The van der Waals surface area contributed by atoms with Crippen molar-refractivity contribution >= 4 is 55.1 Å². The number of carbonyl (C=O) groups is 1. The zero-order valence-corrected chi connectivity index (χ0v) is 20.3. The van der Waals surface area contributed by atoms with Crippen LogP contribution < -0.4 is 0 Å². The summed E-state index contributed by atoms with van der Waals surface area (Å²) in [7, 11) is 0. The Morgan fingerprint density at radius 2 is 1.86 bits per heavy atom. The van der Waals surface area contributed by atoms with E-state index in [2.05, 4.69) is 20.9 Å². The van der Waals surface area contributed by atoms with Gasteiger partial charge in [-0.1, -0.05) is 23.7 Å². The van der Waals surface area contributed by atoms with Crippen LogP contribution in [0.15, 0.2) is 34.2 Å². The molecule has 2 aromatic carbocycles. The normalized spacial score (nSPS) is 11.2. The molecule has 0 saturated heterocycles. The molecule has 3 rings (SSSR count). The molecule has 0 aliphatic carbocycles. The lowest BCUT2D eigenvalue weighted by molar-refractivity contribution is -0.142. The number of ether oxygens (including phenoxy) is 1. The third-order valence-electron chi connectivity index (χ3n) is 3.74. The quantitative estimate of drug-likeness (QED) is 0.413. The SMILES string of the molecule is CC(C)(C)O.CCOC(=O)Cc1c(C)cc2nc(Br)sc2c1-c1ccc(Cl)cc1. The summed E-state index contributed by atoms with van der Waals surface area (Å²) >= 11 is 11.1. The molecule has 0 aliphatic heterocycles. The van der Waals surface area contributed by atoms with Crippen molar-refractivity contribution in [1.82, 2.24) is 4.98 Å². The summed E-state index contributed by atoms with van der Waals surface area (Å²) < 4.78 is 7.02. The van der Waals surface area contributed by atoms with Gasteiger partial charge >= 0.3 is 5.97 Å². The summed E-state index contributed by atoms with van der Waals surface area (Å²) in [5, 5.41) is 9.20. The topological polar surface area (TPSA) is 59.4 Å². The van der Waals surface area contributed by atoms with Gasteiger partial charge in [-0.15, -0.1) is 11.3 Å². The second-order valence-electron chi connectivity index (χ2n) is 7.52. The Labute approximate surface area is 189 Å². The fraction of sp³-hybridized carbons (Fsp3) is 0.364. The highest BCUT2D eigenvalue weighted by molar-refractivity contribution is 9.11. The van der Waals surface area contributed by atoms with Gasteiger partial charge in [0.2, 0.25) is 0 Å². The molecule has 4 nitrogen and oxygen atoms in total. The van der Waals surface area contributed by atoms with Crippen molar-refractivity contribution in [3.05, 3.63) is 50.4 Å². The Hall–Kier alpha value is -1.47. The molecule has 156 valence electrons. The summed E-state index contributed by atoms with van der Waals surface area (Å²) in [5.74, 6) is -0.223. The third kappa shape index (κ3) is 7.07. The fourth-order valence-corrected chi connectivity index (χ4v) is 4.38. The van der Waals surface area contributed by atoms with E-state index in [1.54, 1.807) is 32.1 Å². The van der Waals surface area contributed by atoms with E-state index in [9.17, 15) is 4.79 Å². The molecule has 29 heavy (non-hydrogen) atoms. The molecule has 0 fully saturated rings. The van der Waals surface area contributed by atoms with Gasteiger partial charge in [0, 0.05) is 10.6 Å². The Balaban J connectivity index is 0.000000537. The van der Waals surface area contributed by atoms with Crippen LogP contribution in [0.25, 0.3) is 21.3 Å². The van der Waals surface area contributed by atoms with Crippen LogP contribution in [0.2, 0.25) is 5.02 Å². The van der Waals surface area contributed by atoms with Crippen molar-refractivity contribution in [2.75, 3.05) is 6.61 Å². The number of aryl methyl sites for hydroxylation is 1. The van der Waals surface area contributed by atoms with Crippen LogP contribution in [0.1, 0.15) is 38.8 Å². The van der Waals surface area contributed by atoms with Gasteiger partial charge in [-0.25, -0.2) is 4.98 Å². The Bertz CT molecular complexity index is 988. The van der Waals surface area contributed by atoms with Gasteiger partial charge in [-0.3, -0.25) is 4.79 Å². The van der Waals surface area contributed by atoms with Crippen molar-refractivity contribution in [2.45, 2.75) is 46.6 Å². The summed E-state index contributed by atoms with van der Waals surface area (Å²) in [6.07, 6.45) is 0.239. The highest BCUT2D eigenvalue weighted by Crippen LogP contribution is 2.39. The largest absolute Gasteiger partial charge is 0.466 e. The Morgan fingerprint density at radius 3 is 2.41 bits per heavy atom. The number of esters is 1. The summed E-state index contributed by atoms with van der Waals surface area (Å²) in [6.45, 7) is 9.42. The van der Waals surface area contributed by atoms with Crippen LogP contribution in [-0.4, -0.2) is 28.3 Å². The van der Waals surface area contributed by atoms with Gasteiger partial charge in [0.25, 0.3) is 0 Å². The molecule has 0 bridgehead atoms. The molecule has 0 amide bonds. The lowest BCUT2D eigenvalue weighted by Gasteiger charge is -2.14. The number of halogens is 2. The number of rotatable bonds is 4. The second kappa shape index (κ2) is 10.0. The zero-order valence-electron chi connectivity index (χ0n) is 17.2. The molecule has 0 saturated carbocycles. The minimum atomic E-state index is -0.500. The van der Waals surface area contributed by atoms with E-state index in [1.807, 2.05) is 44.2 Å². The number of aromatic nitrogens is 1. The molecule has 0 spiro atoms. The standard InChI is InChI=1S/C18H15BrClNO2S.C4H10O/c1-3-23-15(22)9-13-10(2)8-14-17(24-18(19)21-14)16(13)11-4-6-12(20)7-5-11;1-4(2,3)5/h4-8H,3,9H2,1-2H3;5H,1-3H3. The highest BCUT2D eigenvalue weighted by atomic mass is 79.9. The number of fused-ring (bicyclic) bond motifs is 1. The summed E-state index contributed by atoms with van der Waals surface area (Å²) in [6, 6.07) is 9.67. The highest BCUT2D eigenvalue weighted by Gasteiger charge is 2.19. The number of nitrogens with zero attached hydrogens (tertiary/aromatic N) is 1. The van der Waals surface area contributed by atoms with Gasteiger partial charge in [0.1, 0.15) is 0 Å². The molecule has 1 heterocycles. The molecule has 1 aromatic heterocycles. The van der Waals surface area contributed by atoms with E-state index < -0.39 is 5.60 Å². The van der Waals surface area contributed by atoms with E-state index >= 15 is 0 Å². The van der Waals surface area contributed by atoms with Crippen LogP contribution in [0.3, 0.4) is 0 Å². The average molecular weight is 499 g/mol. The minimum absolute atomic E-state index is 0.223. The molecule has 0 atom stereocenters. The first kappa shape index (κ1) is 23.8. The fourth-order valence-electron chi connectivity index (χ4n) is 2.71. The Morgan fingerprint density at radius 1 is 1.28 bits per heavy atom. The van der Waals surface area contributed by atoms with E-state index in [0.29, 0.717) is 11.6 Å². The second-order valence-corrected chi connectivity index (χ2v) is 10.2. The molecule has 0 radical (unpaired) electrons. The molecule has 1 N–H and O–H groups in total. The zero-order chi connectivity index (χ0) is 21.8. The lowest BCUT2D eigenvalue weighted by atomic mass is 9.93. The van der Waals surface area contributed by atoms with Crippen molar-refractivity contribution in [1.29, 1.82) is 0 Å². The van der Waals surface area contributed by atoms with Gasteiger partial charge < -0.3 is 9.84 Å². The van der Waals surface area contributed by atoms with E-state index in [-0.39, 0.29) is 12.4 Å². The number of thiazole rings is 1. The first-order valence-corrected chi connectivity index (χ1v) is 11.2. The number of carbonyl (C=O) groups excluding carboxylic acids is 1. The molecular weight excluding hydrogens is 474 g/mol. The third-order valence-corrected chi connectivity index (χ3v) is 5.54.